The number of hydrogen-bond acceptors (Lipinski definition) is 3. The predicted molar refractivity (Wildman–Crippen MR) is 67.1 cm³/mol. The molecule has 0 fully saturated rings. The van der Waals surface area contributed by atoms with Crippen LogP contribution >= 0.6 is 27.3 Å². The van der Waals surface area contributed by atoms with E-state index < -0.39 is 0 Å². The number of oxime groups is 1. The van der Waals surface area contributed by atoms with Crippen LogP contribution in [-0.2, 0) is 6.54 Å². The van der Waals surface area contributed by atoms with Crippen molar-refractivity contribution in [2.75, 3.05) is 0 Å². The van der Waals surface area contributed by atoms with E-state index in [1.165, 1.54) is 11.1 Å². The highest BCUT2D eigenvalue weighted by molar-refractivity contribution is 9.11. The monoisotopic (exact) mass is 332 g/mol. The molecule has 0 aromatic carbocycles. The highest BCUT2D eigenvalue weighted by Gasteiger charge is 2.04. The molecule has 0 aliphatic carbocycles. The molecule has 0 aliphatic rings. The molecule has 2 rings (SSSR count). The van der Waals surface area contributed by atoms with Gasteiger partial charge in [0.2, 0.25) is 0 Å². The van der Waals surface area contributed by atoms with Crippen molar-refractivity contribution in [1.29, 1.82) is 0 Å². The molecule has 3 nitrogen and oxygen atoms in total. The molecule has 1 N–H and O–H groups in total. The van der Waals surface area contributed by atoms with Crippen LogP contribution in [0.25, 0.3) is 0 Å². The fourth-order valence-electron chi connectivity index (χ4n) is 1.34. The molecule has 2 aromatic rings. The summed E-state index contributed by atoms with van der Waals surface area (Å²) in [6.07, 6.45) is 5.33. The maximum Gasteiger partial charge on any atom is 0.182 e. The first-order valence-electron chi connectivity index (χ1n) is 4.68. The Morgan fingerprint density at radius 3 is 2.53 bits per heavy atom. The Morgan fingerprint density at radius 2 is 2.00 bits per heavy atom. The van der Waals surface area contributed by atoms with Crippen LogP contribution < -0.4 is 17.0 Å². The van der Waals surface area contributed by atoms with Crippen molar-refractivity contribution in [3.05, 3.63) is 50.9 Å². The molecule has 6 heteroatoms. The number of rotatable bonds is 3. The molecule has 0 unspecified atom stereocenters. The number of hydrogen-bond donors (Lipinski definition) is 1. The highest BCUT2D eigenvalue weighted by Crippen LogP contribution is 2.21. The van der Waals surface area contributed by atoms with Crippen molar-refractivity contribution in [2.45, 2.75) is 6.54 Å². The zero-order valence-corrected chi connectivity index (χ0v) is 11.9. The van der Waals surface area contributed by atoms with E-state index in [4.69, 9.17) is 5.21 Å². The first-order chi connectivity index (χ1) is 7.78. The summed E-state index contributed by atoms with van der Waals surface area (Å²) in [5, 5.41) is 11.4. The lowest BCUT2D eigenvalue weighted by atomic mass is 10.3. The Balaban J connectivity index is 0.00000144. The lowest BCUT2D eigenvalue weighted by molar-refractivity contribution is -0.687. The van der Waals surface area contributed by atoms with Gasteiger partial charge in [0.25, 0.3) is 0 Å². The normalized spacial score (nSPS) is 10.4. The molecule has 0 aliphatic heterocycles. The summed E-state index contributed by atoms with van der Waals surface area (Å²) in [7, 11) is 0. The molecule has 0 saturated heterocycles. The number of nitrogens with zero attached hydrogens (tertiary/aromatic N) is 2. The molecule has 0 saturated carbocycles. The Kier molecular flexibility index (Phi) is 5.61. The summed E-state index contributed by atoms with van der Waals surface area (Å²) in [5.74, 6) is 0. The van der Waals surface area contributed by atoms with Crippen molar-refractivity contribution >= 4 is 33.5 Å². The van der Waals surface area contributed by atoms with Crippen molar-refractivity contribution in [2.24, 2.45) is 5.16 Å². The number of pyridine rings is 1. The average molecular weight is 334 g/mol. The lowest BCUT2D eigenvalue weighted by Crippen LogP contribution is -3.00. The van der Waals surface area contributed by atoms with Gasteiger partial charge in [0.1, 0.15) is 0 Å². The first kappa shape index (κ1) is 14.2. The van der Waals surface area contributed by atoms with Crippen LogP contribution in [0, 0.1) is 0 Å². The third kappa shape index (κ3) is 4.11. The Bertz CT molecular complexity index is 498. The number of halogens is 2. The fourth-order valence-corrected chi connectivity index (χ4v) is 2.84. The van der Waals surface area contributed by atoms with Gasteiger partial charge in [-0.1, -0.05) is 5.16 Å². The van der Waals surface area contributed by atoms with Crippen molar-refractivity contribution in [3.8, 4) is 0 Å². The second-order valence-electron chi connectivity index (χ2n) is 3.25. The maximum absolute atomic E-state index is 8.39. The van der Waals surface area contributed by atoms with Crippen LogP contribution in [-0.4, -0.2) is 11.4 Å². The van der Waals surface area contributed by atoms with Gasteiger partial charge in [-0.2, -0.15) is 4.57 Å². The summed E-state index contributed by atoms with van der Waals surface area (Å²) in [6, 6.07) is 7.96. The van der Waals surface area contributed by atoms with Crippen LogP contribution in [0.4, 0.5) is 0 Å². The Labute approximate surface area is 118 Å². The van der Waals surface area contributed by atoms with Crippen LogP contribution in [0.2, 0.25) is 0 Å². The molecule has 0 bridgehead atoms. The molecule has 0 atom stereocenters. The number of aromatic nitrogens is 1. The summed E-state index contributed by atoms with van der Waals surface area (Å²) in [6.45, 7) is 0.854. The average Bonchev–Trinajstić information content (AvgIpc) is 2.67. The smallest absolute Gasteiger partial charge is 0.182 e. The fraction of sp³-hybridized carbons (Fsp3) is 0.0909. The minimum atomic E-state index is 0. The molecular weight excluding hydrogens is 324 g/mol. The van der Waals surface area contributed by atoms with Gasteiger partial charge >= 0.3 is 0 Å². The van der Waals surface area contributed by atoms with E-state index in [0.29, 0.717) is 0 Å². The second-order valence-corrected chi connectivity index (χ2v) is 5.80. The molecular formula is C11H10BrClN2OS. The van der Waals surface area contributed by atoms with Crippen molar-refractivity contribution in [3.63, 3.8) is 0 Å². The van der Waals surface area contributed by atoms with Crippen LogP contribution in [0.5, 0.6) is 0 Å². The van der Waals surface area contributed by atoms with Gasteiger partial charge in [-0.3, -0.25) is 0 Å². The molecule has 90 valence electrons. The highest BCUT2D eigenvalue weighted by atomic mass is 79.9. The summed E-state index contributed by atoms with van der Waals surface area (Å²) in [4.78, 5) is 1.29. The van der Waals surface area contributed by atoms with Crippen LogP contribution in [0.15, 0.2) is 45.6 Å². The summed E-state index contributed by atoms with van der Waals surface area (Å²) >= 11 is 5.17. The molecule has 0 amide bonds. The quantitative estimate of drug-likeness (QED) is 0.355. The molecule has 0 spiro atoms. The van der Waals surface area contributed by atoms with E-state index in [1.807, 2.05) is 30.6 Å². The van der Waals surface area contributed by atoms with Crippen molar-refractivity contribution in [1.82, 2.24) is 0 Å². The van der Waals surface area contributed by atoms with Gasteiger partial charge in [-0.15, -0.1) is 11.3 Å². The Hall–Kier alpha value is -0.910. The lowest BCUT2D eigenvalue weighted by Gasteiger charge is -1.94. The van der Waals surface area contributed by atoms with E-state index in [9.17, 15) is 0 Å². The molecule has 17 heavy (non-hydrogen) atoms. The third-order valence-electron chi connectivity index (χ3n) is 2.09. The van der Waals surface area contributed by atoms with Crippen LogP contribution in [0.1, 0.15) is 10.4 Å². The molecule has 0 radical (unpaired) electrons. The summed E-state index contributed by atoms with van der Waals surface area (Å²) in [5.41, 5.74) is 0.881. The number of thiophene rings is 1. The van der Waals surface area contributed by atoms with Gasteiger partial charge in [0.15, 0.2) is 18.9 Å². The topological polar surface area (TPSA) is 36.5 Å². The standard InChI is InChI=1S/C11H9BrN2OS.ClH/c12-11-2-1-10(16-11)8-14-5-3-9(4-6-14)7-13-15;/h1-7H,8H2;1H. The van der Waals surface area contributed by atoms with Gasteiger partial charge in [-0.05, 0) is 28.1 Å². The van der Waals surface area contributed by atoms with Crippen molar-refractivity contribution < 1.29 is 22.2 Å². The minimum Gasteiger partial charge on any atom is -1.00 e. The van der Waals surface area contributed by atoms with E-state index in [0.717, 1.165) is 15.9 Å². The van der Waals surface area contributed by atoms with E-state index in [-0.39, 0.29) is 12.4 Å². The van der Waals surface area contributed by atoms with Gasteiger partial charge < -0.3 is 17.6 Å². The van der Waals surface area contributed by atoms with E-state index in [1.54, 1.807) is 11.3 Å². The Morgan fingerprint density at radius 1 is 1.29 bits per heavy atom. The minimum absolute atomic E-state index is 0. The SMILES string of the molecule is O/N=C/c1cc[n+](Cc2ccc(Br)s2)cc1.[Cl-]. The van der Waals surface area contributed by atoms with E-state index in [2.05, 4.69) is 31.7 Å². The third-order valence-corrected chi connectivity index (χ3v) is 3.70. The predicted octanol–water partition coefficient (Wildman–Crippen LogP) is -0.342. The van der Waals surface area contributed by atoms with E-state index >= 15 is 0 Å². The van der Waals surface area contributed by atoms with Gasteiger partial charge in [0, 0.05) is 17.7 Å². The molecule has 2 aromatic heterocycles. The molecule has 2 heterocycles. The largest absolute Gasteiger partial charge is 1.00 e. The second kappa shape index (κ2) is 6.74. The van der Waals surface area contributed by atoms with Gasteiger partial charge in [0.05, 0.1) is 14.9 Å². The maximum atomic E-state index is 8.39. The first-order valence-corrected chi connectivity index (χ1v) is 6.29. The summed E-state index contributed by atoms with van der Waals surface area (Å²) < 4.78 is 3.22. The zero-order valence-electron chi connectivity index (χ0n) is 8.75. The van der Waals surface area contributed by atoms with Crippen LogP contribution in [0.3, 0.4) is 0 Å². The van der Waals surface area contributed by atoms with Gasteiger partial charge in [-0.25, -0.2) is 0 Å². The zero-order chi connectivity index (χ0) is 11.4.